The van der Waals surface area contributed by atoms with Crippen molar-refractivity contribution in [3.05, 3.63) is 36.7 Å². The van der Waals surface area contributed by atoms with Crippen LogP contribution in [0.25, 0.3) is 0 Å². The Kier molecular flexibility index (Phi) is 8.38. The zero-order valence-corrected chi connectivity index (χ0v) is 13.3. The van der Waals surface area contributed by atoms with Gasteiger partial charge in [-0.05, 0) is 31.6 Å². The molecule has 1 fully saturated rings. The summed E-state index contributed by atoms with van der Waals surface area (Å²) in [4.78, 5) is 28.2. The lowest BCUT2D eigenvalue weighted by Gasteiger charge is -2.22. The molecule has 126 valence electrons. The summed E-state index contributed by atoms with van der Waals surface area (Å²) >= 11 is 0. The minimum Gasteiger partial charge on any atom is -0.478 e. The van der Waals surface area contributed by atoms with Crippen LogP contribution < -0.4 is 4.90 Å². The van der Waals surface area contributed by atoms with E-state index in [-0.39, 0.29) is 0 Å². The molecular weight excluding hydrogens is 298 g/mol. The summed E-state index contributed by atoms with van der Waals surface area (Å²) in [5.41, 5.74) is 1.26. The van der Waals surface area contributed by atoms with E-state index >= 15 is 0 Å². The molecule has 1 aromatic rings. The van der Waals surface area contributed by atoms with Gasteiger partial charge in [0.15, 0.2) is 0 Å². The number of nitrogens with zero attached hydrogens (tertiary/aromatic N) is 3. The molecule has 2 heterocycles. The van der Waals surface area contributed by atoms with Crippen LogP contribution in [-0.4, -0.2) is 64.8 Å². The van der Waals surface area contributed by atoms with E-state index in [1.54, 1.807) is 0 Å². The van der Waals surface area contributed by atoms with Crippen LogP contribution in [0.3, 0.4) is 0 Å². The summed E-state index contributed by atoms with van der Waals surface area (Å²) in [7, 11) is 0. The first kappa shape index (κ1) is 18.6. The molecule has 0 atom stereocenters. The van der Waals surface area contributed by atoms with E-state index in [0.29, 0.717) is 12.2 Å². The van der Waals surface area contributed by atoms with Gasteiger partial charge in [-0.2, -0.15) is 0 Å². The van der Waals surface area contributed by atoms with Crippen molar-refractivity contribution in [1.82, 2.24) is 9.88 Å². The molecule has 0 bridgehead atoms. The molecule has 1 aliphatic rings. The van der Waals surface area contributed by atoms with E-state index in [4.69, 9.17) is 10.2 Å². The highest BCUT2D eigenvalue weighted by molar-refractivity contribution is 5.89. The average molecular weight is 321 g/mol. The second-order valence-corrected chi connectivity index (χ2v) is 5.00. The molecule has 0 aliphatic carbocycles. The quantitative estimate of drug-likeness (QED) is 0.808. The standard InChI is InChI=1S/C12H19N3.C4H4O4/c1-2-14-7-4-8-15(10-9-14)12-5-3-6-13-11-12;5-3(6)1-2-4(7)8/h3,5-6,11H,2,4,7-10H2,1H3;1-2H,(H,5,6)(H,7,8)/b;2-1+. The molecule has 1 saturated heterocycles. The van der Waals surface area contributed by atoms with Crippen LogP contribution in [0, 0.1) is 0 Å². The molecule has 7 nitrogen and oxygen atoms in total. The third-order valence-electron chi connectivity index (χ3n) is 3.42. The maximum atomic E-state index is 9.55. The zero-order chi connectivity index (χ0) is 17.1. The van der Waals surface area contributed by atoms with Crippen molar-refractivity contribution in [1.29, 1.82) is 0 Å². The number of likely N-dealkylation sites (N-methyl/N-ethyl adjacent to an activating group) is 1. The molecule has 23 heavy (non-hydrogen) atoms. The SMILES string of the molecule is CCN1CCCN(c2cccnc2)CC1.O=C(O)/C=C/C(=O)O. The van der Waals surface area contributed by atoms with Gasteiger partial charge in [0.25, 0.3) is 0 Å². The monoisotopic (exact) mass is 321 g/mol. The van der Waals surface area contributed by atoms with Gasteiger partial charge >= 0.3 is 11.9 Å². The number of hydrogen-bond acceptors (Lipinski definition) is 5. The Balaban J connectivity index is 0.000000284. The third kappa shape index (κ3) is 7.96. The molecule has 7 heteroatoms. The molecule has 0 radical (unpaired) electrons. The van der Waals surface area contributed by atoms with Crippen molar-refractivity contribution >= 4 is 17.6 Å². The third-order valence-corrected chi connectivity index (χ3v) is 3.42. The highest BCUT2D eigenvalue weighted by Crippen LogP contribution is 2.14. The first-order valence-corrected chi connectivity index (χ1v) is 7.54. The Labute approximate surface area is 135 Å². The van der Waals surface area contributed by atoms with E-state index < -0.39 is 11.9 Å². The molecule has 1 aliphatic heterocycles. The van der Waals surface area contributed by atoms with Crippen molar-refractivity contribution in [2.24, 2.45) is 0 Å². The Morgan fingerprint density at radius 2 is 1.87 bits per heavy atom. The second-order valence-electron chi connectivity index (χ2n) is 5.00. The van der Waals surface area contributed by atoms with Crippen LogP contribution in [0.4, 0.5) is 5.69 Å². The lowest BCUT2D eigenvalue weighted by Crippen LogP contribution is -2.30. The lowest BCUT2D eigenvalue weighted by atomic mass is 10.3. The number of aliphatic carboxylic acids is 2. The second kappa shape index (κ2) is 10.3. The molecule has 0 spiro atoms. The number of rotatable bonds is 4. The van der Waals surface area contributed by atoms with Crippen LogP contribution >= 0.6 is 0 Å². The van der Waals surface area contributed by atoms with Crippen molar-refractivity contribution in [3.63, 3.8) is 0 Å². The van der Waals surface area contributed by atoms with Gasteiger partial charge in [-0.1, -0.05) is 6.92 Å². The van der Waals surface area contributed by atoms with E-state index in [9.17, 15) is 9.59 Å². The predicted octanol–water partition coefficient (Wildman–Crippen LogP) is 1.33. The summed E-state index contributed by atoms with van der Waals surface area (Å²) < 4.78 is 0. The molecule has 0 saturated carbocycles. The highest BCUT2D eigenvalue weighted by atomic mass is 16.4. The van der Waals surface area contributed by atoms with Crippen LogP contribution in [0.2, 0.25) is 0 Å². The number of anilines is 1. The van der Waals surface area contributed by atoms with Gasteiger partial charge < -0.3 is 20.0 Å². The summed E-state index contributed by atoms with van der Waals surface area (Å²) in [6, 6.07) is 4.16. The summed E-state index contributed by atoms with van der Waals surface area (Å²) in [6.07, 6.45) is 6.16. The van der Waals surface area contributed by atoms with Crippen molar-refractivity contribution in [3.8, 4) is 0 Å². The molecule has 0 aromatic carbocycles. The number of carbonyl (C=O) groups is 2. The summed E-state index contributed by atoms with van der Waals surface area (Å²) in [5, 5.41) is 15.6. The number of aromatic nitrogens is 1. The Bertz CT molecular complexity index is 503. The lowest BCUT2D eigenvalue weighted by molar-refractivity contribution is -0.134. The average Bonchev–Trinajstić information content (AvgIpc) is 2.80. The topological polar surface area (TPSA) is 94.0 Å². The van der Waals surface area contributed by atoms with Crippen LogP contribution in [0.5, 0.6) is 0 Å². The maximum absolute atomic E-state index is 9.55. The number of pyridine rings is 1. The van der Waals surface area contributed by atoms with Gasteiger partial charge in [0.05, 0.1) is 11.9 Å². The molecule has 2 N–H and O–H groups in total. The van der Waals surface area contributed by atoms with Crippen molar-refractivity contribution in [2.75, 3.05) is 37.6 Å². The minimum absolute atomic E-state index is 0.558. The Morgan fingerprint density at radius 3 is 2.39 bits per heavy atom. The smallest absolute Gasteiger partial charge is 0.328 e. The Morgan fingerprint density at radius 1 is 1.17 bits per heavy atom. The van der Waals surface area contributed by atoms with Gasteiger partial charge in [-0.25, -0.2) is 9.59 Å². The van der Waals surface area contributed by atoms with Gasteiger partial charge in [0.1, 0.15) is 0 Å². The van der Waals surface area contributed by atoms with Crippen molar-refractivity contribution < 1.29 is 19.8 Å². The van der Waals surface area contributed by atoms with E-state index in [0.717, 1.165) is 13.1 Å². The largest absolute Gasteiger partial charge is 0.478 e. The minimum atomic E-state index is -1.26. The van der Waals surface area contributed by atoms with Gasteiger partial charge in [-0.3, -0.25) is 4.98 Å². The van der Waals surface area contributed by atoms with E-state index in [1.165, 1.54) is 31.7 Å². The van der Waals surface area contributed by atoms with Crippen molar-refractivity contribution in [2.45, 2.75) is 13.3 Å². The van der Waals surface area contributed by atoms with Crippen LogP contribution in [-0.2, 0) is 9.59 Å². The van der Waals surface area contributed by atoms with Crippen LogP contribution in [0.15, 0.2) is 36.7 Å². The number of carboxylic acids is 2. The van der Waals surface area contributed by atoms with Crippen LogP contribution in [0.1, 0.15) is 13.3 Å². The fourth-order valence-electron chi connectivity index (χ4n) is 2.23. The fourth-order valence-corrected chi connectivity index (χ4v) is 2.23. The summed E-state index contributed by atoms with van der Waals surface area (Å²) in [5.74, 6) is -2.51. The Hall–Kier alpha value is -2.41. The maximum Gasteiger partial charge on any atom is 0.328 e. The number of carboxylic acid groups (broad SMARTS) is 2. The molecule has 0 unspecified atom stereocenters. The van der Waals surface area contributed by atoms with Gasteiger partial charge in [0.2, 0.25) is 0 Å². The zero-order valence-electron chi connectivity index (χ0n) is 13.3. The van der Waals surface area contributed by atoms with E-state index in [2.05, 4.69) is 27.8 Å². The molecule has 2 rings (SSSR count). The normalized spacial score (nSPS) is 15.6. The first-order valence-electron chi connectivity index (χ1n) is 7.54. The molecule has 1 aromatic heterocycles. The summed E-state index contributed by atoms with van der Waals surface area (Å²) in [6.45, 7) is 8.08. The van der Waals surface area contributed by atoms with E-state index in [1.807, 2.05) is 18.5 Å². The van der Waals surface area contributed by atoms with Gasteiger partial charge in [0, 0.05) is 38.0 Å². The van der Waals surface area contributed by atoms with Gasteiger partial charge in [-0.15, -0.1) is 0 Å². The molecule has 0 amide bonds. The fraction of sp³-hybridized carbons (Fsp3) is 0.438. The highest BCUT2D eigenvalue weighted by Gasteiger charge is 2.13. The molecular formula is C16H23N3O4. The predicted molar refractivity (Wildman–Crippen MR) is 87.6 cm³/mol. The number of hydrogen-bond donors (Lipinski definition) is 2. The first-order chi connectivity index (χ1) is 11.0.